The maximum absolute atomic E-state index is 6.82. The summed E-state index contributed by atoms with van der Waals surface area (Å²) in [4.78, 5) is 15.7. The zero-order valence-electron chi connectivity index (χ0n) is 35.3. The first kappa shape index (κ1) is 38.0. The van der Waals surface area contributed by atoms with Crippen LogP contribution in [0.25, 0.3) is 123 Å². The molecule has 0 aliphatic rings. The summed E-state index contributed by atoms with van der Waals surface area (Å²) in [7, 11) is 0. The molecule has 0 amide bonds. The van der Waals surface area contributed by atoms with Crippen molar-refractivity contribution >= 4 is 32.7 Å². The second-order valence-electron chi connectivity index (χ2n) is 16.3. The Balaban J connectivity index is 0.982. The number of furan rings is 1. The van der Waals surface area contributed by atoms with Gasteiger partial charge >= 0.3 is 0 Å². The van der Waals surface area contributed by atoms with Gasteiger partial charge in [-0.15, -0.1) is 0 Å². The van der Waals surface area contributed by atoms with E-state index in [-0.39, 0.29) is 0 Å². The second-order valence-corrected chi connectivity index (χ2v) is 16.3. The molecule has 65 heavy (non-hydrogen) atoms. The van der Waals surface area contributed by atoms with Gasteiger partial charge in [-0.1, -0.05) is 218 Å². The third-order valence-electron chi connectivity index (χ3n) is 12.4. The summed E-state index contributed by atoms with van der Waals surface area (Å²) in [6.07, 6.45) is 0. The molecule has 0 spiro atoms. The van der Waals surface area contributed by atoms with Crippen molar-refractivity contribution in [2.24, 2.45) is 0 Å². The van der Waals surface area contributed by atoms with Crippen molar-refractivity contribution in [1.29, 1.82) is 0 Å². The number of benzene rings is 10. The van der Waals surface area contributed by atoms with E-state index in [4.69, 9.17) is 19.4 Å². The molecule has 12 rings (SSSR count). The van der Waals surface area contributed by atoms with Gasteiger partial charge in [-0.3, -0.25) is 0 Å². The molecule has 0 radical (unpaired) electrons. The van der Waals surface area contributed by atoms with Crippen molar-refractivity contribution in [2.75, 3.05) is 0 Å². The molecule has 304 valence electrons. The lowest BCUT2D eigenvalue weighted by Crippen LogP contribution is -2.00. The molecule has 0 N–H and O–H groups in total. The van der Waals surface area contributed by atoms with Crippen molar-refractivity contribution in [3.63, 3.8) is 0 Å². The van der Waals surface area contributed by atoms with Gasteiger partial charge in [0.25, 0.3) is 0 Å². The first-order chi connectivity index (χ1) is 32.2. The summed E-state index contributed by atoms with van der Waals surface area (Å²) in [5.74, 6) is 1.77. The highest BCUT2D eigenvalue weighted by atomic mass is 16.3. The van der Waals surface area contributed by atoms with E-state index < -0.39 is 0 Å². The smallest absolute Gasteiger partial charge is 0.164 e. The molecule has 2 aromatic heterocycles. The summed E-state index contributed by atoms with van der Waals surface area (Å²) in [5, 5.41) is 4.36. The van der Waals surface area contributed by atoms with Crippen LogP contribution in [0.1, 0.15) is 0 Å². The average Bonchev–Trinajstić information content (AvgIpc) is 3.78. The summed E-state index contributed by atoms with van der Waals surface area (Å²) in [6.45, 7) is 0. The van der Waals surface area contributed by atoms with Crippen LogP contribution in [-0.4, -0.2) is 15.0 Å². The lowest BCUT2D eigenvalue weighted by Gasteiger charge is -2.11. The second kappa shape index (κ2) is 16.2. The topological polar surface area (TPSA) is 51.8 Å². The highest BCUT2D eigenvalue weighted by Gasteiger charge is 2.20. The molecular formula is C61H39N3O. The van der Waals surface area contributed by atoms with E-state index in [1.54, 1.807) is 0 Å². The van der Waals surface area contributed by atoms with Gasteiger partial charge in [0.1, 0.15) is 11.2 Å². The van der Waals surface area contributed by atoms with Gasteiger partial charge in [-0.05, 0) is 79.0 Å². The minimum absolute atomic E-state index is 0.576. The predicted octanol–water partition coefficient (Wildman–Crippen LogP) is 16.3. The highest BCUT2D eigenvalue weighted by molar-refractivity contribution is 6.15. The number of nitrogens with zero attached hydrogens (tertiary/aromatic N) is 3. The zero-order chi connectivity index (χ0) is 43.1. The lowest BCUT2D eigenvalue weighted by atomic mass is 9.96. The number of hydrogen-bond acceptors (Lipinski definition) is 4. The molecule has 2 heterocycles. The summed E-state index contributed by atoms with van der Waals surface area (Å²) >= 11 is 0. The fraction of sp³-hybridized carbons (Fsp3) is 0. The largest absolute Gasteiger partial charge is 0.455 e. The third-order valence-corrected chi connectivity index (χ3v) is 12.4. The summed E-state index contributed by atoms with van der Waals surface area (Å²) in [6, 6.07) is 82.9. The Labute approximate surface area is 376 Å². The van der Waals surface area contributed by atoms with E-state index in [1.165, 1.54) is 21.9 Å². The van der Waals surface area contributed by atoms with Crippen molar-refractivity contribution in [1.82, 2.24) is 15.0 Å². The molecule has 0 saturated carbocycles. The van der Waals surface area contributed by atoms with Gasteiger partial charge in [0, 0.05) is 33.0 Å². The first-order valence-electron chi connectivity index (χ1n) is 21.9. The lowest BCUT2D eigenvalue weighted by molar-refractivity contribution is 0.670. The number of para-hydroxylation sites is 1. The van der Waals surface area contributed by atoms with Crippen LogP contribution in [0, 0.1) is 0 Å². The molecule has 0 saturated heterocycles. The molecule has 0 aliphatic carbocycles. The predicted molar refractivity (Wildman–Crippen MR) is 268 cm³/mol. The highest BCUT2D eigenvalue weighted by Crippen LogP contribution is 2.41. The van der Waals surface area contributed by atoms with Crippen molar-refractivity contribution < 1.29 is 4.42 Å². The molecular weight excluding hydrogens is 791 g/mol. The Kier molecular flexibility index (Phi) is 9.46. The van der Waals surface area contributed by atoms with Crippen LogP contribution >= 0.6 is 0 Å². The molecule has 12 aromatic rings. The van der Waals surface area contributed by atoms with Crippen LogP contribution in [0.3, 0.4) is 0 Å². The minimum atomic E-state index is 0.576. The van der Waals surface area contributed by atoms with E-state index in [2.05, 4.69) is 212 Å². The molecule has 4 heteroatoms. The Hall–Kier alpha value is -8.73. The van der Waals surface area contributed by atoms with Gasteiger partial charge in [0.15, 0.2) is 17.5 Å². The maximum Gasteiger partial charge on any atom is 0.164 e. The molecule has 0 fully saturated rings. The van der Waals surface area contributed by atoms with E-state index in [1.807, 2.05) is 24.3 Å². The van der Waals surface area contributed by atoms with Crippen molar-refractivity contribution in [3.05, 3.63) is 237 Å². The zero-order valence-corrected chi connectivity index (χ0v) is 35.3. The van der Waals surface area contributed by atoms with Crippen LogP contribution in [0.4, 0.5) is 0 Å². The summed E-state index contributed by atoms with van der Waals surface area (Å²) in [5.41, 5.74) is 15.6. The molecule has 10 aromatic carbocycles. The normalized spacial score (nSPS) is 11.4. The molecule has 0 unspecified atom stereocenters. The standard InChI is InChI=1S/C61H39N3O/c1-3-14-40(15-4-1)42-30-32-44(33-31-42)47-20-9-22-49(38-47)53-26-12-27-54-57-55(28-13-29-56(57)65-58(53)54)61-63-59(46-36-34-43(35-37-46)41-16-5-2-6-17-41)62-60(64-61)50-23-10-21-48(39-50)52-25-11-19-45-18-7-8-24-51(45)52/h1-39H. The van der Waals surface area contributed by atoms with Gasteiger partial charge in [-0.2, -0.15) is 0 Å². The van der Waals surface area contributed by atoms with E-state index in [9.17, 15) is 0 Å². The van der Waals surface area contributed by atoms with Crippen molar-refractivity contribution in [3.8, 4) is 89.8 Å². The molecule has 4 nitrogen and oxygen atoms in total. The number of hydrogen-bond donors (Lipinski definition) is 0. The molecule has 0 aliphatic heterocycles. The first-order valence-corrected chi connectivity index (χ1v) is 21.9. The van der Waals surface area contributed by atoms with Gasteiger partial charge in [0.05, 0.1) is 0 Å². The number of aromatic nitrogens is 3. The van der Waals surface area contributed by atoms with E-state index in [0.29, 0.717) is 17.5 Å². The van der Waals surface area contributed by atoms with Crippen LogP contribution in [0.15, 0.2) is 241 Å². The molecule has 0 bridgehead atoms. The average molecular weight is 830 g/mol. The van der Waals surface area contributed by atoms with Crippen LogP contribution < -0.4 is 0 Å². The Morgan fingerprint density at radius 1 is 0.262 bits per heavy atom. The van der Waals surface area contributed by atoms with Crippen molar-refractivity contribution in [2.45, 2.75) is 0 Å². The van der Waals surface area contributed by atoms with Gasteiger partial charge < -0.3 is 4.42 Å². The Morgan fingerprint density at radius 3 is 1.42 bits per heavy atom. The minimum Gasteiger partial charge on any atom is -0.455 e. The fourth-order valence-corrected chi connectivity index (χ4v) is 9.11. The Bertz CT molecular complexity index is 3680. The fourth-order valence-electron chi connectivity index (χ4n) is 9.11. The Morgan fingerprint density at radius 2 is 0.692 bits per heavy atom. The van der Waals surface area contributed by atoms with Gasteiger partial charge in [0.2, 0.25) is 0 Å². The SMILES string of the molecule is c1ccc(-c2ccc(-c3cccc(-c4cccc5c4oc4cccc(-c6nc(-c7ccc(-c8ccccc8)cc7)nc(-c7cccc(-c8cccc9ccccc89)c7)n6)c45)c3)cc2)cc1. The molecule has 0 atom stereocenters. The van der Waals surface area contributed by atoms with Crippen LogP contribution in [0.2, 0.25) is 0 Å². The number of fused-ring (bicyclic) bond motifs is 4. The van der Waals surface area contributed by atoms with Gasteiger partial charge in [-0.25, -0.2) is 15.0 Å². The van der Waals surface area contributed by atoms with Crippen LogP contribution in [-0.2, 0) is 0 Å². The van der Waals surface area contributed by atoms with E-state index >= 15 is 0 Å². The summed E-state index contributed by atoms with van der Waals surface area (Å²) < 4.78 is 6.82. The third kappa shape index (κ3) is 7.13. The maximum atomic E-state index is 6.82. The van der Waals surface area contributed by atoms with E-state index in [0.717, 1.165) is 83.1 Å². The number of rotatable bonds is 8. The monoisotopic (exact) mass is 829 g/mol. The quantitative estimate of drug-likeness (QED) is 0.153. The van der Waals surface area contributed by atoms with Crippen LogP contribution in [0.5, 0.6) is 0 Å².